The summed E-state index contributed by atoms with van der Waals surface area (Å²) in [6.45, 7) is 5.25. The number of hydrogen-bond acceptors (Lipinski definition) is 2. The van der Waals surface area contributed by atoms with E-state index in [1.54, 1.807) is 24.3 Å². The molecule has 0 radical (unpaired) electrons. The fraction of sp³-hybridized carbons (Fsp3) is 0.294. The smallest absolute Gasteiger partial charge is 0.165 e. The van der Waals surface area contributed by atoms with E-state index in [0.717, 1.165) is 0 Å². The van der Waals surface area contributed by atoms with Crippen LogP contribution >= 0.6 is 0 Å². The zero-order valence-corrected chi connectivity index (χ0v) is 12.2. The molecule has 112 valence electrons. The van der Waals surface area contributed by atoms with E-state index >= 15 is 0 Å². The van der Waals surface area contributed by atoms with Crippen molar-refractivity contribution in [3.63, 3.8) is 0 Å². The summed E-state index contributed by atoms with van der Waals surface area (Å²) in [5.74, 6) is -1.37. The van der Waals surface area contributed by atoms with E-state index in [9.17, 15) is 13.9 Å². The number of aliphatic hydroxyl groups is 1. The fourth-order valence-corrected chi connectivity index (χ4v) is 2.08. The summed E-state index contributed by atoms with van der Waals surface area (Å²) in [4.78, 5) is 0. The van der Waals surface area contributed by atoms with Gasteiger partial charge < -0.3 is 9.84 Å². The Labute approximate surface area is 123 Å². The van der Waals surface area contributed by atoms with Crippen molar-refractivity contribution in [1.29, 1.82) is 0 Å². The second kappa shape index (κ2) is 6.22. The summed E-state index contributed by atoms with van der Waals surface area (Å²) < 4.78 is 33.1. The molecule has 1 N–H and O–H groups in total. The minimum atomic E-state index is -1.24. The summed E-state index contributed by atoms with van der Waals surface area (Å²) in [7, 11) is 0. The first kappa shape index (κ1) is 15.4. The van der Waals surface area contributed by atoms with Gasteiger partial charge in [0.15, 0.2) is 11.6 Å². The SMILES string of the molecule is Cc1ccc(C(O)c2cccc(OC(C)C)c2)c(F)c1F. The maximum Gasteiger partial charge on any atom is 0.165 e. The molecule has 2 nitrogen and oxygen atoms in total. The summed E-state index contributed by atoms with van der Waals surface area (Å²) in [6, 6.07) is 9.58. The highest BCUT2D eigenvalue weighted by Gasteiger charge is 2.19. The van der Waals surface area contributed by atoms with Gasteiger partial charge in [-0.15, -0.1) is 0 Å². The molecule has 1 unspecified atom stereocenters. The first-order chi connectivity index (χ1) is 9.90. The van der Waals surface area contributed by atoms with Gasteiger partial charge in [0.25, 0.3) is 0 Å². The molecule has 0 heterocycles. The van der Waals surface area contributed by atoms with Gasteiger partial charge in [-0.2, -0.15) is 0 Å². The quantitative estimate of drug-likeness (QED) is 0.917. The second-order valence-corrected chi connectivity index (χ2v) is 5.24. The Morgan fingerprint density at radius 1 is 1.05 bits per heavy atom. The highest BCUT2D eigenvalue weighted by atomic mass is 19.2. The van der Waals surface area contributed by atoms with Crippen LogP contribution in [0.2, 0.25) is 0 Å². The topological polar surface area (TPSA) is 29.5 Å². The Morgan fingerprint density at radius 3 is 2.43 bits per heavy atom. The van der Waals surface area contributed by atoms with Gasteiger partial charge in [0, 0.05) is 5.56 Å². The highest BCUT2D eigenvalue weighted by molar-refractivity contribution is 5.37. The third-order valence-corrected chi connectivity index (χ3v) is 3.15. The lowest BCUT2D eigenvalue weighted by Gasteiger charge is -2.16. The third kappa shape index (κ3) is 3.39. The normalized spacial score (nSPS) is 12.5. The number of hydrogen-bond donors (Lipinski definition) is 1. The lowest BCUT2D eigenvalue weighted by Crippen LogP contribution is -2.08. The van der Waals surface area contributed by atoms with Gasteiger partial charge in [-0.1, -0.05) is 24.3 Å². The predicted molar refractivity (Wildman–Crippen MR) is 77.4 cm³/mol. The Morgan fingerprint density at radius 2 is 1.76 bits per heavy atom. The van der Waals surface area contributed by atoms with Crippen LogP contribution in [-0.2, 0) is 0 Å². The molecule has 0 aliphatic carbocycles. The number of benzene rings is 2. The molecular formula is C17H18F2O2. The van der Waals surface area contributed by atoms with Crippen LogP contribution in [0, 0.1) is 18.6 Å². The number of ether oxygens (including phenoxy) is 1. The lowest BCUT2D eigenvalue weighted by atomic mass is 9.99. The highest BCUT2D eigenvalue weighted by Crippen LogP contribution is 2.29. The summed E-state index contributed by atoms with van der Waals surface area (Å²) >= 11 is 0. The van der Waals surface area contributed by atoms with Crippen LogP contribution in [0.5, 0.6) is 5.75 Å². The maximum atomic E-state index is 13.9. The molecule has 2 aromatic carbocycles. The molecule has 2 aromatic rings. The number of aliphatic hydroxyl groups excluding tert-OH is 1. The molecule has 0 aromatic heterocycles. The second-order valence-electron chi connectivity index (χ2n) is 5.24. The average Bonchev–Trinajstić information content (AvgIpc) is 2.44. The van der Waals surface area contributed by atoms with Gasteiger partial charge >= 0.3 is 0 Å². The lowest BCUT2D eigenvalue weighted by molar-refractivity contribution is 0.210. The van der Waals surface area contributed by atoms with Gasteiger partial charge in [-0.25, -0.2) is 8.78 Å². The third-order valence-electron chi connectivity index (χ3n) is 3.15. The fourth-order valence-electron chi connectivity index (χ4n) is 2.08. The molecule has 0 bridgehead atoms. The molecule has 0 aliphatic rings. The predicted octanol–water partition coefficient (Wildman–Crippen LogP) is 4.14. The summed E-state index contributed by atoms with van der Waals surface area (Å²) in [6.07, 6.45) is -1.25. The minimum Gasteiger partial charge on any atom is -0.491 e. The molecule has 0 spiro atoms. The van der Waals surface area contributed by atoms with Crippen LogP contribution in [0.15, 0.2) is 36.4 Å². The van der Waals surface area contributed by atoms with E-state index in [4.69, 9.17) is 4.74 Å². The van der Waals surface area contributed by atoms with E-state index in [1.165, 1.54) is 19.1 Å². The Bertz CT molecular complexity index is 639. The Kier molecular flexibility index (Phi) is 4.58. The average molecular weight is 292 g/mol. The van der Waals surface area contributed by atoms with Crippen LogP contribution in [0.3, 0.4) is 0 Å². The van der Waals surface area contributed by atoms with Crippen LogP contribution in [0.25, 0.3) is 0 Å². The van der Waals surface area contributed by atoms with Crippen molar-refractivity contribution < 1.29 is 18.6 Å². The van der Waals surface area contributed by atoms with E-state index in [-0.39, 0.29) is 17.2 Å². The standard InChI is InChI=1S/C17H18F2O2/c1-10(2)21-13-6-4-5-12(9-13)17(20)14-8-7-11(3)15(18)16(14)19/h4-10,17,20H,1-3H3. The largest absolute Gasteiger partial charge is 0.491 e. The Hall–Kier alpha value is -1.94. The van der Waals surface area contributed by atoms with Crippen molar-refractivity contribution >= 4 is 0 Å². The zero-order valence-electron chi connectivity index (χ0n) is 12.2. The van der Waals surface area contributed by atoms with Gasteiger partial charge in [-0.3, -0.25) is 0 Å². The van der Waals surface area contributed by atoms with Crippen molar-refractivity contribution in [2.45, 2.75) is 33.0 Å². The van der Waals surface area contributed by atoms with Crippen LogP contribution in [0.4, 0.5) is 8.78 Å². The summed E-state index contributed by atoms with van der Waals surface area (Å²) in [5, 5.41) is 10.3. The van der Waals surface area contributed by atoms with Crippen molar-refractivity contribution in [2.24, 2.45) is 0 Å². The minimum absolute atomic E-state index is 0.00838. The van der Waals surface area contributed by atoms with E-state index < -0.39 is 17.7 Å². The number of aryl methyl sites for hydroxylation is 1. The van der Waals surface area contributed by atoms with E-state index in [1.807, 2.05) is 13.8 Å². The van der Waals surface area contributed by atoms with Gasteiger partial charge in [-0.05, 0) is 44.0 Å². The van der Waals surface area contributed by atoms with Crippen molar-refractivity contribution in [3.8, 4) is 5.75 Å². The molecule has 2 rings (SSSR count). The number of rotatable bonds is 4. The Balaban J connectivity index is 2.36. The molecule has 0 saturated heterocycles. The van der Waals surface area contributed by atoms with E-state index in [2.05, 4.69) is 0 Å². The van der Waals surface area contributed by atoms with E-state index in [0.29, 0.717) is 11.3 Å². The monoisotopic (exact) mass is 292 g/mol. The molecule has 0 fully saturated rings. The van der Waals surface area contributed by atoms with Crippen LogP contribution in [0.1, 0.15) is 36.6 Å². The maximum absolute atomic E-state index is 13.9. The molecule has 21 heavy (non-hydrogen) atoms. The van der Waals surface area contributed by atoms with Crippen LogP contribution in [-0.4, -0.2) is 11.2 Å². The number of halogens is 2. The zero-order chi connectivity index (χ0) is 15.6. The van der Waals surface area contributed by atoms with Gasteiger partial charge in [0.1, 0.15) is 11.9 Å². The van der Waals surface area contributed by atoms with Gasteiger partial charge in [0.05, 0.1) is 6.10 Å². The first-order valence-corrected chi connectivity index (χ1v) is 6.79. The molecule has 0 amide bonds. The first-order valence-electron chi connectivity index (χ1n) is 6.79. The molecule has 1 atom stereocenters. The molecule has 4 heteroatoms. The van der Waals surface area contributed by atoms with Crippen molar-refractivity contribution in [2.75, 3.05) is 0 Å². The van der Waals surface area contributed by atoms with Gasteiger partial charge in [0.2, 0.25) is 0 Å². The van der Waals surface area contributed by atoms with Crippen molar-refractivity contribution in [1.82, 2.24) is 0 Å². The summed E-state index contributed by atoms with van der Waals surface area (Å²) in [5.41, 5.74) is 0.579. The van der Waals surface area contributed by atoms with Crippen molar-refractivity contribution in [3.05, 3.63) is 64.7 Å². The molecular weight excluding hydrogens is 274 g/mol. The molecule has 0 saturated carbocycles. The molecule has 0 aliphatic heterocycles. The van der Waals surface area contributed by atoms with Crippen LogP contribution < -0.4 is 4.74 Å².